The number of hydrogen-bond acceptors (Lipinski definition) is 2. The lowest BCUT2D eigenvalue weighted by molar-refractivity contribution is -0.121. The van der Waals surface area contributed by atoms with Gasteiger partial charge in [0.1, 0.15) is 5.25 Å². The summed E-state index contributed by atoms with van der Waals surface area (Å²) in [6.45, 7) is 5.60. The van der Waals surface area contributed by atoms with Gasteiger partial charge in [0.05, 0.1) is 16.8 Å². The fourth-order valence-electron chi connectivity index (χ4n) is 2.13. The second-order valence-electron chi connectivity index (χ2n) is 5.39. The van der Waals surface area contributed by atoms with Gasteiger partial charge in [-0.3, -0.25) is 9.00 Å². The third-order valence-electron chi connectivity index (χ3n) is 3.60. The molecule has 0 aromatic heterocycles. The Kier molecular flexibility index (Phi) is 5.50. The highest BCUT2D eigenvalue weighted by molar-refractivity contribution is 7.86. The number of rotatable bonds is 5. The van der Waals surface area contributed by atoms with E-state index >= 15 is 0 Å². The summed E-state index contributed by atoms with van der Waals surface area (Å²) >= 11 is 0. The number of benzene rings is 2. The van der Waals surface area contributed by atoms with Crippen LogP contribution in [0.5, 0.6) is 0 Å². The van der Waals surface area contributed by atoms with E-state index in [0.29, 0.717) is 4.90 Å². The Bertz CT molecular complexity index is 653. The third-order valence-corrected chi connectivity index (χ3v) is 5.20. The minimum absolute atomic E-state index is 0.105. The average molecular weight is 315 g/mol. The molecule has 0 saturated carbocycles. The van der Waals surface area contributed by atoms with E-state index in [9.17, 15) is 9.00 Å². The minimum Gasteiger partial charge on any atom is -0.349 e. The minimum atomic E-state index is -1.35. The van der Waals surface area contributed by atoms with Crippen molar-refractivity contribution in [1.29, 1.82) is 0 Å². The smallest absolute Gasteiger partial charge is 0.236 e. The molecule has 0 aliphatic rings. The molecule has 4 heteroatoms. The van der Waals surface area contributed by atoms with E-state index in [-0.39, 0.29) is 11.9 Å². The quantitative estimate of drug-likeness (QED) is 0.919. The number of hydrogen-bond donors (Lipinski definition) is 1. The van der Waals surface area contributed by atoms with Crippen LogP contribution in [0.15, 0.2) is 59.5 Å². The Hall–Kier alpha value is -1.94. The molecule has 2 aromatic rings. The molecular weight excluding hydrogens is 294 g/mol. The molecule has 3 atom stereocenters. The molecule has 0 aliphatic heterocycles. The van der Waals surface area contributed by atoms with Gasteiger partial charge >= 0.3 is 0 Å². The first-order valence-corrected chi connectivity index (χ1v) is 8.53. The maximum absolute atomic E-state index is 12.5. The van der Waals surface area contributed by atoms with Gasteiger partial charge in [-0.2, -0.15) is 0 Å². The van der Waals surface area contributed by atoms with Crippen molar-refractivity contribution in [2.24, 2.45) is 0 Å². The molecule has 116 valence electrons. The van der Waals surface area contributed by atoms with Crippen molar-refractivity contribution in [1.82, 2.24) is 5.32 Å². The molecule has 2 rings (SSSR count). The van der Waals surface area contributed by atoms with Crippen LogP contribution in [0.1, 0.15) is 31.0 Å². The van der Waals surface area contributed by atoms with E-state index in [4.69, 9.17) is 0 Å². The molecular formula is C18H21NO2S. The molecule has 0 bridgehead atoms. The van der Waals surface area contributed by atoms with Gasteiger partial charge < -0.3 is 5.32 Å². The number of nitrogens with one attached hydrogen (secondary N) is 1. The van der Waals surface area contributed by atoms with Crippen molar-refractivity contribution in [2.45, 2.75) is 37.0 Å². The Morgan fingerprint density at radius 3 is 2.18 bits per heavy atom. The summed E-state index contributed by atoms with van der Waals surface area (Å²) in [6, 6.07) is 17.1. The van der Waals surface area contributed by atoms with Crippen molar-refractivity contribution in [2.75, 3.05) is 0 Å². The van der Waals surface area contributed by atoms with E-state index in [0.717, 1.165) is 11.1 Å². The summed E-state index contributed by atoms with van der Waals surface area (Å²) in [6.07, 6.45) is 0. The van der Waals surface area contributed by atoms with Crippen LogP contribution in [-0.4, -0.2) is 15.4 Å². The summed E-state index contributed by atoms with van der Waals surface area (Å²) in [5.41, 5.74) is 2.14. The molecule has 1 N–H and O–H groups in total. The van der Waals surface area contributed by atoms with Crippen LogP contribution in [0.2, 0.25) is 0 Å². The van der Waals surface area contributed by atoms with Gasteiger partial charge in [-0.25, -0.2) is 0 Å². The molecule has 0 heterocycles. The van der Waals surface area contributed by atoms with Crippen molar-refractivity contribution in [3.8, 4) is 0 Å². The fraction of sp³-hybridized carbons (Fsp3) is 0.278. The Balaban J connectivity index is 2.02. The van der Waals surface area contributed by atoms with Crippen LogP contribution in [0.3, 0.4) is 0 Å². The van der Waals surface area contributed by atoms with Crippen molar-refractivity contribution in [3.63, 3.8) is 0 Å². The first-order chi connectivity index (χ1) is 10.5. The van der Waals surface area contributed by atoms with E-state index < -0.39 is 16.0 Å². The van der Waals surface area contributed by atoms with Gasteiger partial charge in [-0.15, -0.1) is 0 Å². The van der Waals surface area contributed by atoms with Crippen LogP contribution >= 0.6 is 0 Å². The lowest BCUT2D eigenvalue weighted by Gasteiger charge is -2.18. The molecule has 0 spiro atoms. The number of carbonyl (C=O) groups is 1. The average Bonchev–Trinajstić information content (AvgIpc) is 2.55. The first kappa shape index (κ1) is 16.4. The summed E-state index contributed by atoms with van der Waals surface area (Å²) in [5.74, 6) is -0.199. The van der Waals surface area contributed by atoms with E-state index in [1.165, 1.54) is 0 Å². The zero-order valence-electron chi connectivity index (χ0n) is 13.1. The summed E-state index contributed by atoms with van der Waals surface area (Å²) in [5, 5.41) is 2.34. The summed E-state index contributed by atoms with van der Waals surface area (Å²) < 4.78 is 12.5. The molecule has 22 heavy (non-hydrogen) atoms. The second-order valence-corrected chi connectivity index (χ2v) is 7.17. The van der Waals surface area contributed by atoms with Crippen LogP contribution in [-0.2, 0) is 15.6 Å². The van der Waals surface area contributed by atoms with Crippen molar-refractivity contribution >= 4 is 16.7 Å². The van der Waals surface area contributed by atoms with Crippen LogP contribution in [0.25, 0.3) is 0 Å². The molecule has 1 amide bonds. The Morgan fingerprint density at radius 1 is 1.00 bits per heavy atom. The van der Waals surface area contributed by atoms with Crippen molar-refractivity contribution in [3.05, 3.63) is 65.7 Å². The zero-order valence-corrected chi connectivity index (χ0v) is 13.9. The van der Waals surface area contributed by atoms with Crippen molar-refractivity contribution < 1.29 is 9.00 Å². The van der Waals surface area contributed by atoms with Crippen LogP contribution in [0.4, 0.5) is 0 Å². The van der Waals surface area contributed by atoms with Gasteiger partial charge in [0.15, 0.2) is 0 Å². The Morgan fingerprint density at radius 2 is 1.59 bits per heavy atom. The van der Waals surface area contributed by atoms with Crippen LogP contribution in [0, 0.1) is 6.92 Å². The van der Waals surface area contributed by atoms with E-state index in [2.05, 4.69) is 5.32 Å². The molecule has 1 unspecified atom stereocenters. The number of aryl methyl sites for hydroxylation is 1. The predicted octanol–water partition coefficient (Wildman–Crippen LogP) is 3.37. The first-order valence-electron chi connectivity index (χ1n) is 7.31. The maximum atomic E-state index is 12.5. The molecule has 0 fully saturated rings. The highest BCUT2D eigenvalue weighted by atomic mass is 32.2. The van der Waals surface area contributed by atoms with Crippen LogP contribution < -0.4 is 5.32 Å². The topological polar surface area (TPSA) is 46.2 Å². The summed E-state index contributed by atoms with van der Waals surface area (Å²) in [7, 11) is -1.35. The molecule has 0 radical (unpaired) electrons. The zero-order chi connectivity index (χ0) is 16.1. The molecule has 0 aliphatic carbocycles. The van der Waals surface area contributed by atoms with Gasteiger partial charge in [0.2, 0.25) is 5.91 Å². The molecule has 2 aromatic carbocycles. The Labute approximate surface area is 134 Å². The van der Waals surface area contributed by atoms with Gasteiger partial charge in [-0.05, 0) is 38.5 Å². The second kappa shape index (κ2) is 7.36. The highest BCUT2D eigenvalue weighted by Crippen LogP contribution is 2.15. The maximum Gasteiger partial charge on any atom is 0.236 e. The standard InChI is InChI=1S/C18H21NO2S/c1-13-9-11-17(12-10-13)22(21)15(3)18(20)19-14(2)16-7-5-4-6-8-16/h4-12,14-15H,1-3H3,(H,19,20)/t14-,15-,22?/m0/s1. The van der Waals surface area contributed by atoms with E-state index in [1.54, 1.807) is 6.92 Å². The monoisotopic (exact) mass is 315 g/mol. The fourth-order valence-corrected chi connectivity index (χ4v) is 3.20. The van der Waals surface area contributed by atoms with E-state index in [1.807, 2.05) is 68.4 Å². The number of amides is 1. The lowest BCUT2D eigenvalue weighted by Crippen LogP contribution is -2.37. The molecule has 0 saturated heterocycles. The molecule has 3 nitrogen and oxygen atoms in total. The summed E-state index contributed by atoms with van der Waals surface area (Å²) in [4.78, 5) is 13.0. The van der Waals surface area contributed by atoms with Gasteiger partial charge in [0.25, 0.3) is 0 Å². The SMILES string of the molecule is Cc1ccc(S(=O)[C@@H](C)C(=O)N[C@@H](C)c2ccccc2)cc1. The predicted molar refractivity (Wildman–Crippen MR) is 90.0 cm³/mol. The van der Waals surface area contributed by atoms with Gasteiger partial charge in [-0.1, -0.05) is 48.0 Å². The largest absolute Gasteiger partial charge is 0.349 e. The lowest BCUT2D eigenvalue weighted by atomic mass is 10.1. The highest BCUT2D eigenvalue weighted by Gasteiger charge is 2.22. The normalized spacial score (nSPS) is 14.9. The van der Waals surface area contributed by atoms with Gasteiger partial charge in [0, 0.05) is 4.90 Å². The third kappa shape index (κ3) is 4.04. The number of carbonyl (C=O) groups excluding carboxylic acids is 1.